The number of alkyl halides is 3. The average Bonchev–Trinajstić information content (AvgIpc) is 1.31. The molecule has 44 valence electrons. The molecule has 0 aliphatic rings. The minimum absolute atomic E-state index is 0.222. The first-order valence-electron chi connectivity index (χ1n) is 1.75. The van der Waals surface area contributed by atoms with E-state index >= 15 is 0 Å². The normalized spacial score (nSPS) is 16.7. The Balaban J connectivity index is 3.54. The summed E-state index contributed by atoms with van der Waals surface area (Å²) in [5.41, 5.74) is 5.46. The fraction of sp³-hybridized carbons (Fsp3) is 1.00. The van der Waals surface area contributed by atoms with Crippen molar-refractivity contribution < 1.29 is 0 Å². The highest BCUT2D eigenvalue weighted by Gasteiger charge is 2.21. The second-order valence-corrected chi connectivity index (χ2v) is 6.35. The fourth-order valence-corrected chi connectivity index (χ4v) is 0. The maximum absolute atomic E-state index is 5.46. The van der Waals surface area contributed by atoms with Gasteiger partial charge in [-0.05, 0) is 6.92 Å². The van der Waals surface area contributed by atoms with Gasteiger partial charge in [-0.2, -0.15) is 0 Å². The fourth-order valence-electron chi connectivity index (χ4n) is 0. The molecule has 0 spiro atoms. The molecule has 0 aliphatic carbocycles. The van der Waals surface area contributed by atoms with Gasteiger partial charge in [-0.15, -0.1) is 0 Å². The van der Waals surface area contributed by atoms with Crippen LogP contribution >= 0.6 is 47.8 Å². The summed E-state index contributed by atoms with van der Waals surface area (Å²) in [6, 6.07) is 0. The van der Waals surface area contributed by atoms with Gasteiger partial charge in [0.2, 0.25) is 0 Å². The zero-order valence-corrected chi connectivity index (χ0v) is 8.55. The van der Waals surface area contributed by atoms with Gasteiger partial charge >= 0.3 is 0 Å². The predicted molar refractivity (Wildman–Crippen MR) is 43.2 cm³/mol. The minimum atomic E-state index is -0.458. The number of hydrogen-bond donors (Lipinski definition) is 1. The Kier molecular flexibility index (Phi) is 3.36. The topological polar surface area (TPSA) is 26.0 Å². The first kappa shape index (κ1) is 8.40. The summed E-state index contributed by atoms with van der Waals surface area (Å²) in [6.45, 7) is 1.95. The van der Waals surface area contributed by atoms with E-state index in [9.17, 15) is 0 Å². The Morgan fingerprint density at radius 3 is 1.71 bits per heavy atom. The molecule has 0 heterocycles. The molecule has 2 N–H and O–H groups in total. The van der Waals surface area contributed by atoms with Crippen LogP contribution in [0.25, 0.3) is 0 Å². The van der Waals surface area contributed by atoms with Crippen molar-refractivity contribution in [2.75, 3.05) is 0 Å². The van der Waals surface area contributed by atoms with Gasteiger partial charge in [0.15, 0.2) is 0 Å². The van der Waals surface area contributed by atoms with E-state index in [1.165, 1.54) is 0 Å². The second-order valence-electron chi connectivity index (χ2n) is 1.29. The van der Waals surface area contributed by atoms with Crippen molar-refractivity contribution in [3.63, 3.8) is 0 Å². The van der Waals surface area contributed by atoms with Gasteiger partial charge in [0.25, 0.3) is 0 Å². The molecule has 0 saturated carbocycles. The van der Waals surface area contributed by atoms with E-state index in [0.717, 1.165) is 0 Å². The largest absolute Gasteiger partial charge is 0.306 e. The molecule has 0 aromatic rings. The molecule has 0 bridgehead atoms. The average molecular weight is 296 g/mol. The van der Waals surface area contributed by atoms with Gasteiger partial charge in [0.1, 0.15) is 3.36 Å². The van der Waals surface area contributed by atoms with Crippen LogP contribution in [0.15, 0.2) is 0 Å². The third-order valence-electron chi connectivity index (χ3n) is 0.530. The van der Waals surface area contributed by atoms with Crippen LogP contribution in [0.1, 0.15) is 6.92 Å². The Morgan fingerprint density at radius 2 is 1.71 bits per heavy atom. The highest BCUT2D eigenvalue weighted by atomic mass is 79.9. The maximum Gasteiger partial charge on any atom is 0.140 e. The molecule has 0 aromatic heterocycles. The molecule has 0 rings (SSSR count). The molecule has 0 saturated heterocycles. The lowest BCUT2D eigenvalue weighted by molar-refractivity contribution is 0.873. The van der Waals surface area contributed by atoms with Crippen molar-refractivity contribution in [1.29, 1.82) is 0 Å². The standard InChI is InChI=1S/C3H6Br3N/c1-2(4)3(5,6)7/h2H,7H2,1H3. The Morgan fingerprint density at radius 1 is 1.57 bits per heavy atom. The summed E-state index contributed by atoms with van der Waals surface area (Å²) >= 11 is 9.66. The van der Waals surface area contributed by atoms with E-state index in [1.807, 2.05) is 6.92 Å². The Labute approximate surface area is 68.4 Å². The third kappa shape index (κ3) is 3.94. The zero-order valence-electron chi connectivity index (χ0n) is 3.79. The smallest absolute Gasteiger partial charge is 0.140 e. The summed E-state index contributed by atoms with van der Waals surface area (Å²) in [5, 5.41) is 0. The molecular formula is C3H6Br3N. The van der Waals surface area contributed by atoms with Crippen LogP contribution in [0.3, 0.4) is 0 Å². The van der Waals surface area contributed by atoms with Crippen molar-refractivity contribution in [3.8, 4) is 0 Å². The van der Waals surface area contributed by atoms with Crippen molar-refractivity contribution in [2.24, 2.45) is 5.73 Å². The lowest BCUT2D eigenvalue weighted by Gasteiger charge is -2.15. The molecule has 4 heteroatoms. The van der Waals surface area contributed by atoms with Gasteiger partial charge in [-0.1, -0.05) is 47.8 Å². The van der Waals surface area contributed by atoms with Crippen molar-refractivity contribution in [3.05, 3.63) is 0 Å². The van der Waals surface area contributed by atoms with E-state index in [4.69, 9.17) is 5.73 Å². The summed E-state index contributed by atoms with van der Waals surface area (Å²) < 4.78 is -0.458. The van der Waals surface area contributed by atoms with Gasteiger partial charge < -0.3 is 5.73 Å². The van der Waals surface area contributed by atoms with Crippen molar-refractivity contribution >= 4 is 47.8 Å². The zero-order chi connectivity index (χ0) is 6.08. The van der Waals surface area contributed by atoms with E-state index in [1.54, 1.807) is 0 Å². The van der Waals surface area contributed by atoms with E-state index in [2.05, 4.69) is 47.8 Å². The van der Waals surface area contributed by atoms with Crippen molar-refractivity contribution in [2.45, 2.75) is 15.1 Å². The summed E-state index contributed by atoms with van der Waals surface area (Å²) in [7, 11) is 0. The number of hydrogen-bond acceptors (Lipinski definition) is 1. The van der Waals surface area contributed by atoms with E-state index in [-0.39, 0.29) is 4.83 Å². The summed E-state index contributed by atoms with van der Waals surface area (Å²) in [4.78, 5) is 0.222. The monoisotopic (exact) mass is 293 g/mol. The molecule has 1 atom stereocenters. The van der Waals surface area contributed by atoms with Gasteiger partial charge in [-0.3, -0.25) is 0 Å². The molecule has 1 unspecified atom stereocenters. The lowest BCUT2D eigenvalue weighted by Crippen LogP contribution is -2.32. The first-order chi connectivity index (χ1) is 2.94. The highest BCUT2D eigenvalue weighted by molar-refractivity contribution is 9.26. The molecule has 0 fully saturated rings. The van der Waals surface area contributed by atoms with Crippen LogP contribution in [0, 0.1) is 0 Å². The quantitative estimate of drug-likeness (QED) is 0.582. The van der Waals surface area contributed by atoms with E-state index in [0.29, 0.717) is 0 Å². The molecular weight excluding hydrogens is 290 g/mol. The Bertz CT molecular complexity index is 55.7. The highest BCUT2D eigenvalue weighted by Crippen LogP contribution is 2.27. The molecule has 7 heavy (non-hydrogen) atoms. The summed E-state index contributed by atoms with van der Waals surface area (Å²) in [5.74, 6) is 0. The van der Waals surface area contributed by atoms with Gasteiger partial charge in [-0.25, -0.2) is 0 Å². The van der Waals surface area contributed by atoms with Gasteiger partial charge in [0.05, 0.1) is 0 Å². The maximum atomic E-state index is 5.46. The van der Waals surface area contributed by atoms with Gasteiger partial charge in [0, 0.05) is 4.83 Å². The van der Waals surface area contributed by atoms with Crippen LogP contribution in [0.4, 0.5) is 0 Å². The molecule has 0 aliphatic heterocycles. The van der Waals surface area contributed by atoms with E-state index < -0.39 is 3.36 Å². The second kappa shape index (κ2) is 2.80. The third-order valence-corrected chi connectivity index (χ3v) is 3.85. The predicted octanol–water partition coefficient (Wildman–Crippen LogP) is 2.17. The number of nitrogens with two attached hydrogens (primary N) is 1. The first-order valence-corrected chi connectivity index (χ1v) is 4.25. The van der Waals surface area contributed by atoms with Crippen LogP contribution in [0.2, 0.25) is 0 Å². The molecule has 0 radical (unpaired) electrons. The summed E-state index contributed by atoms with van der Waals surface area (Å²) in [6.07, 6.45) is 0. The molecule has 0 amide bonds. The van der Waals surface area contributed by atoms with Crippen LogP contribution < -0.4 is 5.73 Å². The van der Waals surface area contributed by atoms with Crippen LogP contribution in [-0.2, 0) is 0 Å². The molecule has 0 aromatic carbocycles. The minimum Gasteiger partial charge on any atom is -0.306 e. The van der Waals surface area contributed by atoms with Crippen LogP contribution in [0.5, 0.6) is 0 Å². The SMILES string of the molecule is CC(Br)C(N)(Br)Br. The molecule has 1 nitrogen and oxygen atoms in total. The van der Waals surface area contributed by atoms with Crippen LogP contribution in [-0.4, -0.2) is 8.18 Å². The van der Waals surface area contributed by atoms with Crippen molar-refractivity contribution in [1.82, 2.24) is 0 Å². The number of halogens is 3. The Hall–Kier alpha value is 1.40. The number of rotatable bonds is 1. The lowest BCUT2D eigenvalue weighted by atomic mass is 10.5.